The van der Waals surface area contributed by atoms with E-state index in [1.165, 1.54) is 12.1 Å². The van der Waals surface area contributed by atoms with Gasteiger partial charge in [-0.25, -0.2) is 12.8 Å². The fourth-order valence-corrected chi connectivity index (χ4v) is 5.17. The number of nitrogens with one attached hydrogen (secondary N) is 2. The van der Waals surface area contributed by atoms with Crippen LogP contribution in [0.15, 0.2) is 47.4 Å². The Morgan fingerprint density at radius 1 is 1.17 bits per heavy atom. The molecule has 6 heteroatoms. The first-order valence-corrected chi connectivity index (χ1v) is 9.35. The Bertz CT molecular complexity index is 1040. The highest BCUT2D eigenvalue weighted by Gasteiger charge is 2.35. The molecule has 0 aliphatic carbocycles. The fourth-order valence-electron chi connectivity index (χ4n) is 3.37. The summed E-state index contributed by atoms with van der Waals surface area (Å²) in [5, 5.41) is 3.04. The van der Waals surface area contributed by atoms with Crippen LogP contribution in [0.4, 0.5) is 4.39 Å². The zero-order chi connectivity index (χ0) is 16.9. The minimum atomic E-state index is -3.59. The van der Waals surface area contributed by atoms with Gasteiger partial charge in [0.05, 0.1) is 4.90 Å². The summed E-state index contributed by atoms with van der Waals surface area (Å²) < 4.78 is 39.8. The second kappa shape index (κ2) is 5.43. The summed E-state index contributed by atoms with van der Waals surface area (Å²) in [6.45, 7) is 2.42. The molecule has 1 unspecified atom stereocenters. The van der Waals surface area contributed by atoms with Crippen LogP contribution < -0.4 is 5.32 Å². The lowest BCUT2D eigenvalue weighted by Crippen LogP contribution is -2.35. The average Bonchev–Trinajstić information content (AvgIpc) is 2.92. The molecule has 3 aromatic rings. The molecule has 0 amide bonds. The Kier molecular flexibility index (Phi) is 3.47. The molecule has 1 aromatic heterocycles. The standard InChI is InChI=1S/C18H17FN2O2S/c1-11-3-2-4-13(9-11)24(22,23)18-17-14-6-5-12(19)10-16(14)21-15(17)7-8-20-18/h2-6,9-10,18,20-21H,7-8H2,1H3. The molecule has 2 heterocycles. The third-order valence-corrected chi connectivity index (χ3v) is 6.41. The van der Waals surface area contributed by atoms with Crippen molar-refractivity contribution in [3.05, 3.63) is 65.1 Å². The van der Waals surface area contributed by atoms with Gasteiger partial charge >= 0.3 is 0 Å². The van der Waals surface area contributed by atoms with E-state index in [0.717, 1.165) is 16.6 Å². The minimum Gasteiger partial charge on any atom is -0.358 e. The molecular formula is C18H17FN2O2S. The number of H-pyrrole nitrogens is 1. The van der Waals surface area contributed by atoms with Gasteiger partial charge < -0.3 is 4.98 Å². The van der Waals surface area contributed by atoms with Crippen molar-refractivity contribution < 1.29 is 12.8 Å². The number of sulfone groups is 1. The van der Waals surface area contributed by atoms with Gasteiger partial charge in [-0.3, -0.25) is 5.32 Å². The summed E-state index contributed by atoms with van der Waals surface area (Å²) in [7, 11) is -3.59. The molecule has 0 fully saturated rings. The van der Waals surface area contributed by atoms with Gasteiger partial charge in [-0.1, -0.05) is 12.1 Å². The molecule has 4 nitrogen and oxygen atoms in total. The SMILES string of the molecule is Cc1cccc(S(=O)(=O)C2NCCc3[nH]c4cc(F)ccc4c32)c1. The zero-order valence-electron chi connectivity index (χ0n) is 13.1. The Labute approximate surface area is 139 Å². The Morgan fingerprint density at radius 2 is 2.00 bits per heavy atom. The number of halogens is 1. The predicted molar refractivity (Wildman–Crippen MR) is 91.1 cm³/mol. The third kappa shape index (κ3) is 2.34. The maximum atomic E-state index is 13.5. The van der Waals surface area contributed by atoms with E-state index in [4.69, 9.17) is 0 Å². The molecule has 2 aromatic carbocycles. The molecule has 24 heavy (non-hydrogen) atoms. The molecule has 2 N–H and O–H groups in total. The summed E-state index contributed by atoms with van der Waals surface area (Å²) in [6, 6.07) is 11.3. The van der Waals surface area contributed by atoms with Crippen molar-refractivity contribution in [3.63, 3.8) is 0 Å². The Hall–Kier alpha value is -2.18. The van der Waals surface area contributed by atoms with Gasteiger partial charge in [-0.15, -0.1) is 0 Å². The van der Waals surface area contributed by atoms with E-state index >= 15 is 0 Å². The van der Waals surface area contributed by atoms with Crippen LogP contribution in [0.1, 0.15) is 22.2 Å². The third-order valence-electron chi connectivity index (χ3n) is 4.48. The molecule has 0 saturated heterocycles. The largest absolute Gasteiger partial charge is 0.358 e. The van der Waals surface area contributed by atoms with Crippen molar-refractivity contribution in [3.8, 4) is 0 Å². The van der Waals surface area contributed by atoms with Gasteiger partial charge in [-0.2, -0.15) is 0 Å². The fraction of sp³-hybridized carbons (Fsp3) is 0.222. The van der Waals surface area contributed by atoms with Gasteiger partial charge in [0.1, 0.15) is 11.2 Å². The van der Waals surface area contributed by atoms with E-state index in [1.807, 2.05) is 13.0 Å². The highest BCUT2D eigenvalue weighted by atomic mass is 32.2. The summed E-state index contributed by atoms with van der Waals surface area (Å²) in [5.74, 6) is -0.341. The first kappa shape index (κ1) is 15.4. The highest BCUT2D eigenvalue weighted by molar-refractivity contribution is 7.91. The van der Waals surface area contributed by atoms with Gasteiger partial charge in [0.2, 0.25) is 0 Å². The smallest absolute Gasteiger partial charge is 0.198 e. The topological polar surface area (TPSA) is 62.0 Å². The Balaban J connectivity index is 1.92. The van der Waals surface area contributed by atoms with Crippen molar-refractivity contribution >= 4 is 20.7 Å². The Morgan fingerprint density at radius 3 is 2.79 bits per heavy atom. The van der Waals surface area contributed by atoms with Crippen molar-refractivity contribution in [2.75, 3.05) is 6.54 Å². The maximum Gasteiger partial charge on any atom is 0.198 e. The lowest BCUT2D eigenvalue weighted by atomic mass is 10.1. The molecule has 124 valence electrons. The predicted octanol–water partition coefficient (Wildman–Crippen LogP) is 3.23. The molecule has 4 rings (SSSR count). The number of aryl methyl sites for hydroxylation is 1. The van der Waals surface area contributed by atoms with Gasteiger partial charge in [0.15, 0.2) is 9.84 Å². The molecule has 1 atom stereocenters. The van der Waals surface area contributed by atoms with Crippen molar-refractivity contribution in [2.24, 2.45) is 0 Å². The van der Waals surface area contributed by atoms with Gasteiger partial charge in [0.25, 0.3) is 0 Å². The average molecular weight is 344 g/mol. The maximum absolute atomic E-state index is 13.5. The summed E-state index contributed by atoms with van der Waals surface area (Å²) in [5.41, 5.74) is 3.09. The molecule has 1 aliphatic rings. The summed E-state index contributed by atoms with van der Waals surface area (Å²) in [6.07, 6.45) is 0.686. The number of fused-ring (bicyclic) bond motifs is 3. The number of aromatic nitrogens is 1. The van der Waals surface area contributed by atoms with Crippen LogP contribution in [0.2, 0.25) is 0 Å². The minimum absolute atomic E-state index is 0.296. The second-order valence-corrected chi connectivity index (χ2v) is 8.19. The van der Waals surface area contributed by atoms with E-state index in [0.29, 0.717) is 28.9 Å². The van der Waals surface area contributed by atoms with Crippen LogP contribution in [0.5, 0.6) is 0 Å². The quantitative estimate of drug-likeness (QED) is 0.750. The lowest BCUT2D eigenvalue weighted by Gasteiger charge is -2.25. The molecule has 0 saturated carbocycles. The normalized spacial score (nSPS) is 17.8. The molecular weight excluding hydrogens is 327 g/mol. The molecule has 0 radical (unpaired) electrons. The molecule has 0 bridgehead atoms. The number of rotatable bonds is 2. The van der Waals surface area contributed by atoms with Crippen LogP contribution in [0.25, 0.3) is 10.9 Å². The summed E-state index contributed by atoms with van der Waals surface area (Å²) >= 11 is 0. The van der Waals surface area contributed by atoms with Crippen molar-refractivity contribution in [1.82, 2.24) is 10.3 Å². The van der Waals surface area contributed by atoms with Crippen LogP contribution in [0.3, 0.4) is 0 Å². The number of hydrogen-bond acceptors (Lipinski definition) is 3. The van der Waals surface area contributed by atoms with Crippen LogP contribution in [-0.4, -0.2) is 19.9 Å². The summed E-state index contributed by atoms with van der Waals surface area (Å²) in [4.78, 5) is 3.47. The van der Waals surface area contributed by atoms with E-state index < -0.39 is 15.2 Å². The molecule has 0 spiro atoms. The van der Waals surface area contributed by atoms with Crippen molar-refractivity contribution in [1.29, 1.82) is 0 Å². The van der Waals surface area contributed by atoms with Crippen LogP contribution in [-0.2, 0) is 16.3 Å². The molecule has 1 aliphatic heterocycles. The lowest BCUT2D eigenvalue weighted by molar-refractivity contribution is 0.542. The van der Waals surface area contributed by atoms with Crippen LogP contribution >= 0.6 is 0 Å². The van der Waals surface area contributed by atoms with E-state index in [1.54, 1.807) is 24.3 Å². The van der Waals surface area contributed by atoms with Crippen molar-refractivity contribution in [2.45, 2.75) is 23.6 Å². The zero-order valence-corrected chi connectivity index (χ0v) is 14.0. The first-order valence-electron chi connectivity index (χ1n) is 7.81. The van der Waals surface area contributed by atoms with E-state index in [9.17, 15) is 12.8 Å². The number of hydrogen-bond donors (Lipinski definition) is 2. The highest BCUT2D eigenvalue weighted by Crippen LogP contribution is 2.37. The number of benzene rings is 2. The van der Waals surface area contributed by atoms with Crippen LogP contribution in [0, 0.1) is 12.7 Å². The van der Waals surface area contributed by atoms with E-state index in [-0.39, 0.29) is 5.82 Å². The van der Waals surface area contributed by atoms with Gasteiger partial charge in [0, 0.05) is 35.1 Å². The first-order chi connectivity index (χ1) is 11.5. The number of aromatic amines is 1. The van der Waals surface area contributed by atoms with Gasteiger partial charge in [-0.05, 0) is 42.8 Å². The second-order valence-electron chi connectivity index (χ2n) is 6.15. The monoisotopic (exact) mass is 344 g/mol. The van der Waals surface area contributed by atoms with E-state index in [2.05, 4.69) is 10.3 Å².